The van der Waals surface area contributed by atoms with E-state index in [9.17, 15) is 13.2 Å². The summed E-state index contributed by atoms with van der Waals surface area (Å²) in [6.07, 6.45) is 18.2. The van der Waals surface area contributed by atoms with Gasteiger partial charge in [-0.15, -0.1) is 0 Å². The lowest BCUT2D eigenvalue weighted by molar-refractivity contribution is -0.137. The molecular formula is C26H43NO5S. The second-order valence-corrected chi connectivity index (χ2v) is 9.96. The minimum absolute atomic E-state index is 0.240. The van der Waals surface area contributed by atoms with Gasteiger partial charge in [0.25, 0.3) is 0 Å². The number of nitrogens with one attached hydrogen (secondary N) is 1. The smallest absolute Gasteiger partial charge is 0.303 e. The SMILES string of the molecule is C/C=C(\C=C(C)C)S(=O)(=O)C(/C=C\CC)=C/C=C/OCCCCCNCCCCCC(=O)O. The van der Waals surface area contributed by atoms with E-state index in [4.69, 9.17) is 9.84 Å². The number of ether oxygens (including phenoxy) is 1. The molecule has 0 radical (unpaired) electrons. The standard InChI is InChI=1S/C26H43NO5S/c1-5-7-15-25(33(30,31)24(6-2)22-23(3)4)16-14-21-32-20-13-9-12-19-27-18-11-8-10-17-26(28)29/h6-7,14-16,21-22,27H,5,8-13,17-20H2,1-4H3,(H,28,29)/b15-7-,21-14+,24-6+,25-16+. The molecule has 0 spiro atoms. The van der Waals surface area contributed by atoms with Gasteiger partial charge in [0.15, 0.2) is 0 Å². The van der Waals surface area contributed by atoms with Crippen LogP contribution in [0.15, 0.2) is 58.1 Å². The summed E-state index contributed by atoms with van der Waals surface area (Å²) >= 11 is 0. The molecule has 0 aliphatic heterocycles. The number of carboxylic acids is 1. The topological polar surface area (TPSA) is 92.7 Å². The zero-order valence-electron chi connectivity index (χ0n) is 20.8. The summed E-state index contributed by atoms with van der Waals surface area (Å²) in [4.78, 5) is 11.0. The van der Waals surface area contributed by atoms with E-state index < -0.39 is 15.8 Å². The second-order valence-electron chi connectivity index (χ2n) is 8.01. The van der Waals surface area contributed by atoms with E-state index in [-0.39, 0.29) is 16.2 Å². The van der Waals surface area contributed by atoms with Gasteiger partial charge < -0.3 is 15.2 Å². The lowest BCUT2D eigenvalue weighted by Crippen LogP contribution is -2.16. The van der Waals surface area contributed by atoms with Crippen LogP contribution in [-0.2, 0) is 19.4 Å². The van der Waals surface area contributed by atoms with Gasteiger partial charge in [-0.3, -0.25) is 4.79 Å². The van der Waals surface area contributed by atoms with Gasteiger partial charge in [-0.25, -0.2) is 8.42 Å². The highest BCUT2D eigenvalue weighted by atomic mass is 32.2. The molecule has 0 atom stereocenters. The first-order chi connectivity index (χ1) is 15.8. The largest absolute Gasteiger partial charge is 0.501 e. The van der Waals surface area contributed by atoms with Crippen molar-refractivity contribution in [1.82, 2.24) is 5.32 Å². The Bertz CT molecular complexity index is 801. The molecule has 0 aromatic rings. The Morgan fingerprint density at radius 2 is 1.67 bits per heavy atom. The molecule has 0 rings (SSSR count). The molecule has 0 unspecified atom stereocenters. The molecule has 0 bridgehead atoms. The Hall–Kier alpha value is -2.12. The maximum atomic E-state index is 13.0. The average Bonchev–Trinajstić information content (AvgIpc) is 2.76. The van der Waals surface area contributed by atoms with Crippen molar-refractivity contribution < 1.29 is 23.1 Å². The average molecular weight is 482 g/mol. The first-order valence-corrected chi connectivity index (χ1v) is 13.4. The molecule has 0 aromatic carbocycles. The van der Waals surface area contributed by atoms with E-state index in [1.54, 1.807) is 43.6 Å². The number of hydrogen-bond acceptors (Lipinski definition) is 5. The zero-order chi connectivity index (χ0) is 25.0. The summed E-state index contributed by atoms with van der Waals surface area (Å²) in [7, 11) is -3.58. The van der Waals surface area contributed by atoms with Crippen molar-refractivity contribution in [3.8, 4) is 0 Å². The molecule has 0 amide bonds. The van der Waals surface area contributed by atoms with E-state index in [2.05, 4.69) is 5.32 Å². The number of allylic oxidation sites excluding steroid dienone is 7. The Kier molecular flexibility index (Phi) is 18.1. The van der Waals surface area contributed by atoms with Crippen LogP contribution in [0, 0.1) is 0 Å². The summed E-state index contributed by atoms with van der Waals surface area (Å²) in [6, 6.07) is 0. The molecule has 0 fully saturated rings. The van der Waals surface area contributed by atoms with E-state index in [1.807, 2.05) is 26.8 Å². The van der Waals surface area contributed by atoms with Crippen molar-refractivity contribution >= 4 is 15.8 Å². The molecule has 33 heavy (non-hydrogen) atoms. The summed E-state index contributed by atoms with van der Waals surface area (Å²) in [6.45, 7) is 9.89. The molecule has 2 N–H and O–H groups in total. The molecule has 0 aliphatic carbocycles. The Morgan fingerprint density at radius 3 is 2.24 bits per heavy atom. The Labute approximate surface area is 201 Å². The second kappa shape index (κ2) is 19.4. The van der Waals surface area contributed by atoms with Crippen molar-refractivity contribution in [3.05, 3.63) is 58.1 Å². The van der Waals surface area contributed by atoms with Gasteiger partial charge in [0.05, 0.1) is 22.7 Å². The normalized spacial score (nSPS) is 13.1. The molecule has 7 heteroatoms. The van der Waals surface area contributed by atoms with Crippen molar-refractivity contribution in [2.24, 2.45) is 0 Å². The van der Waals surface area contributed by atoms with E-state index in [1.165, 1.54) is 0 Å². The Morgan fingerprint density at radius 1 is 1.00 bits per heavy atom. The van der Waals surface area contributed by atoms with Gasteiger partial charge in [0, 0.05) is 6.42 Å². The van der Waals surface area contributed by atoms with Gasteiger partial charge >= 0.3 is 5.97 Å². The monoisotopic (exact) mass is 481 g/mol. The van der Waals surface area contributed by atoms with Crippen LogP contribution < -0.4 is 5.32 Å². The van der Waals surface area contributed by atoms with Crippen LogP contribution >= 0.6 is 0 Å². The van der Waals surface area contributed by atoms with E-state index in [0.29, 0.717) is 6.61 Å². The van der Waals surface area contributed by atoms with E-state index >= 15 is 0 Å². The van der Waals surface area contributed by atoms with Gasteiger partial charge in [0.1, 0.15) is 0 Å². The van der Waals surface area contributed by atoms with Crippen LogP contribution in [0.2, 0.25) is 0 Å². The Balaban J connectivity index is 4.33. The molecule has 188 valence electrons. The minimum Gasteiger partial charge on any atom is -0.501 e. The van der Waals surface area contributed by atoms with Crippen LogP contribution in [0.3, 0.4) is 0 Å². The number of hydrogen-bond donors (Lipinski definition) is 2. The predicted octanol–water partition coefficient (Wildman–Crippen LogP) is 6.06. The number of unbranched alkanes of at least 4 members (excludes halogenated alkanes) is 4. The van der Waals surface area contributed by atoms with E-state index in [0.717, 1.165) is 63.6 Å². The summed E-state index contributed by atoms with van der Waals surface area (Å²) in [5.41, 5.74) is 0.926. The summed E-state index contributed by atoms with van der Waals surface area (Å²) < 4.78 is 31.4. The number of carboxylic acid groups (broad SMARTS) is 1. The third kappa shape index (κ3) is 16.2. The minimum atomic E-state index is -3.58. The van der Waals surface area contributed by atoms with Crippen molar-refractivity contribution in [2.75, 3.05) is 19.7 Å². The highest BCUT2D eigenvalue weighted by Crippen LogP contribution is 2.21. The van der Waals surface area contributed by atoms with Gasteiger partial charge in [-0.2, -0.15) is 0 Å². The van der Waals surface area contributed by atoms with Gasteiger partial charge in [-0.1, -0.05) is 31.1 Å². The van der Waals surface area contributed by atoms with Crippen LogP contribution in [0.4, 0.5) is 0 Å². The number of aliphatic carboxylic acids is 1. The lowest BCUT2D eigenvalue weighted by atomic mass is 10.2. The summed E-state index contributed by atoms with van der Waals surface area (Å²) in [5, 5.41) is 12.0. The van der Waals surface area contributed by atoms with Crippen molar-refractivity contribution in [2.45, 2.75) is 79.1 Å². The van der Waals surface area contributed by atoms with Crippen LogP contribution in [0.25, 0.3) is 0 Å². The molecule has 6 nitrogen and oxygen atoms in total. The number of carbonyl (C=O) groups is 1. The fourth-order valence-corrected chi connectivity index (χ4v) is 4.41. The number of sulfone groups is 1. The summed E-state index contributed by atoms with van der Waals surface area (Å²) in [5.74, 6) is -0.725. The van der Waals surface area contributed by atoms with Gasteiger partial charge in [0.2, 0.25) is 9.84 Å². The number of rotatable bonds is 19. The third-order valence-corrected chi connectivity index (χ3v) is 6.52. The third-order valence-electron chi connectivity index (χ3n) is 4.65. The first kappa shape index (κ1) is 30.9. The highest BCUT2D eigenvalue weighted by molar-refractivity contribution is 7.99. The molecule has 0 saturated heterocycles. The lowest BCUT2D eigenvalue weighted by Gasteiger charge is -2.07. The van der Waals surface area contributed by atoms with Crippen LogP contribution in [0.1, 0.15) is 79.1 Å². The van der Waals surface area contributed by atoms with Gasteiger partial charge in [-0.05, 0) is 96.7 Å². The molecule has 0 aromatic heterocycles. The maximum absolute atomic E-state index is 13.0. The van der Waals surface area contributed by atoms with Crippen molar-refractivity contribution in [3.63, 3.8) is 0 Å². The molecule has 0 aliphatic rings. The van der Waals surface area contributed by atoms with Crippen LogP contribution in [0.5, 0.6) is 0 Å². The van der Waals surface area contributed by atoms with Crippen molar-refractivity contribution in [1.29, 1.82) is 0 Å². The fourth-order valence-electron chi connectivity index (χ4n) is 2.90. The molecule has 0 saturated carbocycles. The fraction of sp³-hybridized carbons (Fsp3) is 0.577. The maximum Gasteiger partial charge on any atom is 0.303 e. The quantitative estimate of drug-likeness (QED) is 0.132. The highest BCUT2D eigenvalue weighted by Gasteiger charge is 2.18. The molecule has 0 heterocycles. The van der Waals surface area contributed by atoms with Crippen LogP contribution in [-0.4, -0.2) is 39.2 Å². The zero-order valence-corrected chi connectivity index (χ0v) is 21.6. The predicted molar refractivity (Wildman–Crippen MR) is 138 cm³/mol. The first-order valence-electron chi connectivity index (χ1n) is 11.9. The molecular weight excluding hydrogens is 438 g/mol.